The second-order valence-electron chi connectivity index (χ2n) is 4.51. The lowest BCUT2D eigenvalue weighted by Crippen LogP contribution is -2.39. The van der Waals surface area contributed by atoms with Crippen LogP contribution in [0.15, 0.2) is 12.5 Å². The number of amides is 2. The maximum Gasteiger partial charge on any atom is 0.508 e. The van der Waals surface area contributed by atoms with Gasteiger partial charge in [-0.05, 0) is 6.58 Å². The third-order valence-electron chi connectivity index (χ3n) is 2.78. The molecular weight excluding hydrogens is 284 g/mol. The van der Waals surface area contributed by atoms with Crippen LogP contribution in [0.3, 0.4) is 0 Å². The van der Waals surface area contributed by atoms with Crippen LogP contribution in [-0.4, -0.2) is 50.1 Å². The SMILES string of the molecule is C=C1OCC(CC(=O)NCNC(=O)CC2COC(=O)O2)O1. The van der Waals surface area contributed by atoms with Crippen LogP contribution < -0.4 is 10.6 Å². The van der Waals surface area contributed by atoms with Crippen molar-refractivity contribution in [1.29, 1.82) is 0 Å². The molecule has 116 valence electrons. The first-order valence-electron chi connectivity index (χ1n) is 6.38. The van der Waals surface area contributed by atoms with Crippen LogP contribution in [-0.2, 0) is 28.5 Å². The Labute approximate surface area is 120 Å². The summed E-state index contributed by atoms with van der Waals surface area (Å²) in [6, 6.07) is 0. The highest BCUT2D eigenvalue weighted by Crippen LogP contribution is 2.15. The Morgan fingerprint density at radius 3 is 2.10 bits per heavy atom. The fourth-order valence-corrected chi connectivity index (χ4v) is 1.81. The van der Waals surface area contributed by atoms with Crippen molar-refractivity contribution in [2.24, 2.45) is 0 Å². The molecule has 2 aliphatic heterocycles. The molecule has 0 bridgehead atoms. The maximum atomic E-state index is 11.6. The molecule has 2 atom stereocenters. The van der Waals surface area contributed by atoms with Gasteiger partial charge in [0.1, 0.15) is 25.4 Å². The minimum absolute atomic E-state index is 0.0129. The molecule has 9 nitrogen and oxygen atoms in total. The molecule has 2 unspecified atom stereocenters. The van der Waals surface area contributed by atoms with E-state index in [4.69, 9.17) is 14.2 Å². The summed E-state index contributed by atoms with van der Waals surface area (Å²) in [4.78, 5) is 33.7. The van der Waals surface area contributed by atoms with Crippen LogP contribution in [0, 0.1) is 0 Å². The Kier molecular flexibility index (Phi) is 4.85. The predicted octanol–water partition coefficient (Wildman–Crippen LogP) is -0.621. The van der Waals surface area contributed by atoms with Crippen molar-refractivity contribution in [2.45, 2.75) is 25.0 Å². The average molecular weight is 300 g/mol. The Hall–Kier alpha value is -2.45. The number of carbonyl (C=O) groups excluding carboxylic acids is 3. The maximum absolute atomic E-state index is 11.6. The smallest absolute Gasteiger partial charge is 0.462 e. The van der Waals surface area contributed by atoms with Gasteiger partial charge in [0.2, 0.25) is 11.8 Å². The van der Waals surface area contributed by atoms with Gasteiger partial charge < -0.3 is 29.6 Å². The third-order valence-corrected chi connectivity index (χ3v) is 2.78. The zero-order valence-corrected chi connectivity index (χ0v) is 11.3. The normalized spacial score (nSPS) is 23.6. The summed E-state index contributed by atoms with van der Waals surface area (Å²) < 4.78 is 19.4. The third kappa shape index (κ3) is 4.86. The molecule has 21 heavy (non-hydrogen) atoms. The second kappa shape index (κ2) is 6.82. The van der Waals surface area contributed by atoms with E-state index in [1.807, 2.05) is 0 Å². The summed E-state index contributed by atoms with van der Waals surface area (Å²) in [5, 5.41) is 5.00. The van der Waals surface area contributed by atoms with E-state index in [0.717, 1.165) is 0 Å². The summed E-state index contributed by atoms with van der Waals surface area (Å²) in [5.74, 6) is -0.434. The highest BCUT2D eigenvalue weighted by atomic mass is 16.8. The molecule has 2 saturated heterocycles. The lowest BCUT2D eigenvalue weighted by Gasteiger charge is -2.10. The van der Waals surface area contributed by atoms with Crippen LogP contribution in [0.4, 0.5) is 4.79 Å². The van der Waals surface area contributed by atoms with Gasteiger partial charge in [-0.1, -0.05) is 0 Å². The van der Waals surface area contributed by atoms with Crippen LogP contribution in [0.1, 0.15) is 12.8 Å². The first-order chi connectivity index (χ1) is 10.0. The van der Waals surface area contributed by atoms with Gasteiger partial charge in [-0.2, -0.15) is 0 Å². The second-order valence-corrected chi connectivity index (χ2v) is 4.51. The Morgan fingerprint density at radius 1 is 1.05 bits per heavy atom. The highest BCUT2D eigenvalue weighted by Gasteiger charge is 2.27. The van der Waals surface area contributed by atoms with E-state index in [9.17, 15) is 14.4 Å². The van der Waals surface area contributed by atoms with Gasteiger partial charge in [0.15, 0.2) is 0 Å². The quantitative estimate of drug-likeness (QED) is 0.496. The molecule has 9 heteroatoms. The monoisotopic (exact) mass is 300 g/mol. The van der Waals surface area contributed by atoms with Gasteiger partial charge in [0, 0.05) is 0 Å². The number of hydrogen-bond acceptors (Lipinski definition) is 7. The number of hydrogen-bond donors (Lipinski definition) is 2. The van der Waals surface area contributed by atoms with E-state index in [2.05, 4.69) is 21.9 Å². The van der Waals surface area contributed by atoms with Crippen molar-refractivity contribution < 1.29 is 33.3 Å². The minimum atomic E-state index is -0.776. The van der Waals surface area contributed by atoms with Crippen LogP contribution >= 0.6 is 0 Å². The van der Waals surface area contributed by atoms with Crippen LogP contribution in [0.2, 0.25) is 0 Å². The summed E-state index contributed by atoms with van der Waals surface area (Å²) in [5.41, 5.74) is 0. The van der Waals surface area contributed by atoms with Crippen molar-refractivity contribution in [2.75, 3.05) is 19.9 Å². The molecule has 0 aromatic heterocycles. The molecule has 0 aromatic carbocycles. The van der Waals surface area contributed by atoms with Gasteiger partial charge in [-0.15, -0.1) is 0 Å². The summed E-state index contributed by atoms with van der Waals surface area (Å²) in [7, 11) is 0. The Balaban J connectivity index is 1.56. The van der Waals surface area contributed by atoms with Gasteiger partial charge in [0.05, 0.1) is 19.5 Å². The molecule has 0 aliphatic carbocycles. The summed E-state index contributed by atoms with van der Waals surface area (Å²) in [6.07, 6.45) is -1.61. The van der Waals surface area contributed by atoms with E-state index in [0.29, 0.717) is 0 Å². The van der Waals surface area contributed by atoms with Crippen molar-refractivity contribution in [1.82, 2.24) is 10.6 Å². The van der Waals surface area contributed by atoms with Crippen molar-refractivity contribution in [3.63, 3.8) is 0 Å². The number of ether oxygens (including phenoxy) is 4. The van der Waals surface area contributed by atoms with E-state index < -0.39 is 12.3 Å². The van der Waals surface area contributed by atoms with Gasteiger partial charge in [0.25, 0.3) is 5.95 Å². The van der Waals surface area contributed by atoms with E-state index in [1.165, 1.54) is 0 Å². The fraction of sp³-hybridized carbons (Fsp3) is 0.583. The fourth-order valence-electron chi connectivity index (χ4n) is 1.81. The number of carbonyl (C=O) groups is 3. The van der Waals surface area contributed by atoms with Crippen LogP contribution in [0.5, 0.6) is 0 Å². The molecule has 2 fully saturated rings. The molecule has 2 amide bonds. The van der Waals surface area contributed by atoms with E-state index >= 15 is 0 Å². The Bertz CT molecular complexity index is 411. The predicted molar refractivity (Wildman–Crippen MR) is 66.6 cm³/mol. The summed E-state index contributed by atoms with van der Waals surface area (Å²) in [6.45, 7) is 3.79. The van der Waals surface area contributed by atoms with Crippen molar-refractivity contribution in [3.8, 4) is 0 Å². The molecule has 2 aliphatic rings. The topological polar surface area (TPSA) is 112 Å². The van der Waals surface area contributed by atoms with Gasteiger partial charge in [-0.3, -0.25) is 9.59 Å². The lowest BCUT2D eigenvalue weighted by molar-refractivity contribution is -0.124. The zero-order valence-electron chi connectivity index (χ0n) is 11.3. The molecule has 2 N–H and O–H groups in total. The molecule has 0 spiro atoms. The van der Waals surface area contributed by atoms with E-state index in [-0.39, 0.29) is 56.6 Å². The molecule has 2 rings (SSSR count). The molecule has 0 saturated carbocycles. The molecule has 0 radical (unpaired) electrons. The first kappa shape index (κ1) is 14.9. The van der Waals surface area contributed by atoms with Crippen molar-refractivity contribution in [3.05, 3.63) is 12.5 Å². The lowest BCUT2D eigenvalue weighted by atomic mass is 10.2. The molecule has 0 aromatic rings. The van der Waals surface area contributed by atoms with E-state index in [1.54, 1.807) is 0 Å². The molecular formula is C12H16N2O7. The van der Waals surface area contributed by atoms with Gasteiger partial charge in [-0.25, -0.2) is 4.79 Å². The average Bonchev–Trinajstić information content (AvgIpc) is 2.98. The van der Waals surface area contributed by atoms with Crippen LogP contribution in [0.25, 0.3) is 0 Å². The van der Waals surface area contributed by atoms with Crippen molar-refractivity contribution >= 4 is 18.0 Å². The Morgan fingerprint density at radius 2 is 1.62 bits per heavy atom. The number of rotatable bonds is 6. The number of cyclic esters (lactones) is 2. The van der Waals surface area contributed by atoms with Gasteiger partial charge >= 0.3 is 6.16 Å². The zero-order chi connectivity index (χ0) is 15.2. The largest absolute Gasteiger partial charge is 0.508 e. The first-order valence-corrected chi connectivity index (χ1v) is 6.38. The molecule has 2 heterocycles. The number of nitrogens with one attached hydrogen (secondary N) is 2. The summed E-state index contributed by atoms with van der Waals surface area (Å²) >= 11 is 0. The minimum Gasteiger partial charge on any atom is -0.462 e. The highest BCUT2D eigenvalue weighted by molar-refractivity contribution is 5.79. The standard InChI is InChI=1S/C12H16N2O7/c1-7-18-4-8(20-7)2-10(15)13-6-14-11(16)3-9-5-19-12(17)21-9/h8-9H,1-6H2,(H,13,15)(H,14,16).